The molecule has 80 valence electrons. The van der Waals surface area contributed by atoms with Crippen molar-refractivity contribution in [2.45, 2.75) is 0 Å². The van der Waals surface area contributed by atoms with Gasteiger partial charge in [0.2, 0.25) is 0 Å². The zero-order chi connectivity index (χ0) is 8.23. The predicted octanol–water partition coefficient (Wildman–Crippen LogP) is 1.33. The van der Waals surface area contributed by atoms with E-state index < -0.39 is 0 Å². The maximum absolute atomic E-state index is 4.00. The summed E-state index contributed by atoms with van der Waals surface area (Å²) in [4.78, 5) is 6.37. The highest BCUT2D eigenvalue weighted by molar-refractivity contribution is 5.85. The number of halogens is 2. The van der Waals surface area contributed by atoms with Crippen LogP contribution in [0.25, 0.3) is 0 Å². The van der Waals surface area contributed by atoms with E-state index in [1.54, 1.807) is 0 Å². The molecule has 0 aromatic carbocycles. The van der Waals surface area contributed by atoms with E-state index in [2.05, 4.69) is 27.3 Å². The van der Waals surface area contributed by atoms with Crippen molar-refractivity contribution in [2.24, 2.45) is 0 Å². The first-order chi connectivity index (χ1) is 5.97. The summed E-state index contributed by atoms with van der Waals surface area (Å²) in [6.07, 6.45) is 3.69. The molecule has 3 nitrogen and oxygen atoms in total. The molecule has 0 bridgehead atoms. The predicted molar refractivity (Wildman–Crippen MR) is 63.8 cm³/mol. The molecule has 0 unspecified atom stereocenters. The molecule has 0 spiro atoms. The van der Waals surface area contributed by atoms with Gasteiger partial charge in [-0.05, 0) is 12.1 Å². The Labute approximate surface area is 96.7 Å². The normalized spacial score (nSPS) is 15.3. The zero-order valence-electron chi connectivity index (χ0n) is 7.85. The number of rotatable bonds is 1. The van der Waals surface area contributed by atoms with Crippen LogP contribution >= 0.6 is 24.8 Å². The van der Waals surface area contributed by atoms with Crippen molar-refractivity contribution in [3.8, 4) is 0 Å². The number of aromatic nitrogens is 1. The van der Waals surface area contributed by atoms with Gasteiger partial charge in [0.1, 0.15) is 0 Å². The van der Waals surface area contributed by atoms with Gasteiger partial charge in [-0.2, -0.15) is 0 Å². The standard InChI is InChI=1S/C9H13N3.2ClH/c1-3-10-4-2-9(1)12-7-5-11-6-8-12;;/h1-4,11H,5-8H2;2*1H. The van der Waals surface area contributed by atoms with Crippen molar-refractivity contribution in [1.82, 2.24) is 10.3 Å². The summed E-state index contributed by atoms with van der Waals surface area (Å²) in [5.41, 5.74) is 1.28. The second-order valence-electron chi connectivity index (χ2n) is 2.94. The fourth-order valence-corrected chi connectivity index (χ4v) is 1.48. The molecule has 2 heterocycles. The minimum Gasteiger partial charge on any atom is -0.369 e. The van der Waals surface area contributed by atoms with Gasteiger partial charge in [0.25, 0.3) is 0 Å². The van der Waals surface area contributed by atoms with Crippen molar-refractivity contribution >= 4 is 30.5 Å². The van der Waals surface area contributed by atoms with Crippen LogP contribution in [0, 0.1) is 0 Å². The Bertz CT molecular complexity index is 237. The lowest BCUT2D eigenvalue weighted by Crippen LogP contribution is -2.43. The Morgan fingerprint density at radius 1 is 1.07 bits per heavy atom. The molecule has 1 aromatic heterocycles. The summed E-state index contributed by atoms with van der Waals surface area (Å²) >= 11 is 0. The minimum atomic E-state index is 0. The minimum absolute atomic E-state index is 0. The molecule has 1 N–H and O–H groups in total. The first-order valence-electron chi connectivity index (χ1n) is 4.32. The summed E-state index contributed by atoms with van der Waals surface area (Å²) in [5.74, 6) is 0. The molecule has 1 aliphatic rings. The largest absolute Gasteiger partial charge is 0.369 e. The van der Waals surface area contributed by atoms with Crippen LogP contribution in [0.3, 0.4) is 0 Å². The van der Waals surface area contributed by atoms with Gasteiger partial charge in [-0.3, -0.25) is 4.98 Å². The van der Waals surface area contributed by atoms with Crippen molar-refractivity contribution in [1.29, 1.82) is 0 Å². The third-order valence-electron chi connectivity index (χ3n) is 2.14. The van der Waals surface area contributed by atoms with E-state index in [9.17, 15) is 0 Å². The summed E-state index contributed by atoms with van der Waals surface area (Å²) in [6, 6.07) is 4.12. The molecule has 1 fully saturated rings. The van der Waals surface area contributed by atoms with E-state index in [0.29, 0.717) is 0 Å². The fourth-order valence-electron chi connectivity index (χ4n) is 1.48. The Kier molecular flexibility index (Phi) is 6.62. The van der Waals surface area contributed by atoms with Crippen molar-refractivity contribution in [2.75, 3.05) is 31.1 Å². The molecule has 0 atom stereocenters. The fraction of sp³-hybridized carbons (Fsp3) is 0.444. The maximum atomic E-state index is 4.00. The first-order valence-corrected chi connectivity index (χ1v) is 4.32. The van der Waals surface area contributed by atoms with Gasteiger partial charge in [0.15, 0.2) is 0 Å². The first kappa shape index (κ1) is 13.5. The van der Waals surface area contributed by atoms with Crippen LogP contribution in [-0.4, -0.2) is 31.2 Å². The third-order valence-corrected chi connectivity index (χ3v) is 2.14. The molecule has 1 aromatic rings. The second-order valence-corrected chi connectivity index (χ2v) is 2.94. The van der Waals surface area contributed by atoms with E-state index in [1.165, 1.54) is 5.69 Å². The highest BCUT2D eigenvalue weighted by Gasteiger charge is 2.08. The molecule has 14 heavy (non-hydrogen) atoms. The molecule has 0 radical (unpaired) electrons. The Hall–Kier alpha value is -0.510. The van der Waals surface area contributed by atoms with Gasteiger partial charge < -0.3 is 10.2 Å². The van der Waals surface area contributed by atoms with E-state index in [4.69, 9.17) is 0 Å². The van der Waals surface area contributed by atoms with Gasteiger partial charge in [0.05, 0.1) is 0 Å². The number of nitrogens with one attached hydrogen (secondary N) is 1. The van der Waals surface area contributed by atoms with Crippen LogP contribution in [0.5, 0.6) is 0 Å². The maximum Gasteiger partial charge on any atom is 0.0397 e. The van der Waals surface area contributed by atoms with Gasteiger partial charge in [-0.1, -0.05) is 0 Å². The molecular formula is C9H15Cl2N3. The van der Waals surface area contributed by atoms with Gasteiger partial charge >= 0.3 is 0 Å². The monoisotopic (exact) mass is 235 g/mol. The number of hydrogen-bond acceptors (Lipinski definition) is 3. The van der Waals surface area contributed by atoms with Crippen LogP contribution in [0.15, 0.2) is 24.5 Å². The zero-order valence-corrected chi connectivity index (χ0v) is 9.48. The van der Waals surface area contributed by atoms with Gasteiger partial charge in [0, 0.05) is 44.3 Å². The van der Waals surface area contributed by atoms with Crippen molar-refractivity contribution in [3.05, 3.63) is 24.5 Å². The summed E-state index contributed by atoms with van der Waals surface area (Å²) in [7, 11) is 0. The Balaban J connectivity index is 0.000000845. The Morgan fingerprint density at radius 3 is 2.21 bits per heavy atom. The number of piperazine rings is 1. The van der Waals surface area contributed by atoms with E-state index >= 15 is 0 Å². The molecule has 0 amide bonds. The lowest BCUT2D eigenvalue weighted by atomic mass is 10.3. The molecule has 0 aliphatic carbocycles. The topological polar surface area (TPSA) is 28.2 Å². The lowest BCUT2D eigenvalue weighted by Gasteiger charge is -2.29. The highest BCUT2D eigenvalue weighted by atomic mass is 35.5. The summed E-state index contributed by atoms with van der Waals surface area (Å²) in [6.45, 7) is 4.37. The summed E-state index contributed by atoms with van der Waals surface area (Å²) < 4.78 is 0. The molecule has 2 rings (SSSR count). The molecule has 5 heteroatoms. The van der Waals surface area contributed by atoms with Crippen LogP contribution in [0.2, 0.25) is 0 Å². The van der Waals surface area contributed by atoms with Crippen LogP contribution in [-0.2, 0) is 0 Å². The SMILES string of the molecule is Cl.Cl.c1cc(N2CCNCC2)ccn1. The summed E-state index contributed by atoms with van der Waals surface area (Å²) in [5, 5.41) is 3.33. The second kappa shape index (κ2) is 6.87. The molecule has 0 saturated carbocycles. The van der Waals surface area contributed by atoms with Gasteiger partial charge in [-0.25, -0.2) is 0 Å². The van der Waals surface area contributed by atoms with E-state index in [-0.39, 0.29) is 24.8 Å². The van der Waals surface area contributed by atoms with E-state index in [1.807, 2.05) is 12.4 Å². The number of anilines is 1. The number of pyridine rings is 1. The average molecular weight is 236 g/mol. The average Bonchev–Trinajstić information content (AvgIpc) is 2.21. The van der Waals surface area contributed by atoms with Crippen LogP contribution in [0.1, 0.15) is 0 Å². The van der Waals surface area contributed by atoms with Crippen molar-refractivity contribution < 1.29 is 0 Å². The van der Waals surface area contributed by atoms with Crippen LogP contribution < -0.4 is 10.2 Å². The third kappa shape index (κ3) is 3.33. The number of hydrogen-bond donors (Lipinski definition) is 1. The van der Waals surface area contributed by atoms with Crippen molar-refractivity contribution in [3.63, 3.8) is 0 Å². The quantitative estimate of drug-likeness (QED) is 0.797. The Morgan fingerprint density at radius 2 is 1.64 bits per heavy atom. The molecule has 1 saturated heterocycles. The smallest absolute Gasteiger partial charge is 0.0397 e. The van der Waals surface area contributed by atoms with Crippen LogP contribution in [0.4, 0.5) is 5.69 Å². The molecule has 1 aliphatic heterocycles. The highest BCUT2D eigenvalue weighted by Crippen LogP contribution is 2.11. The number of nitrogens with zero attached hydrogens (tertiary/aromatic N) is 2. The van der Waals surface area contributed by atoms with E-state index in [0.717, 1.165) is 26.2 Å². The lowest BCUT2D eigenvalue weighted by molar-refractivity contribution is 0.589. The van der Waals surface area contributed by atoms with Gasteiger partial charge in [-0.15, -0.1) is 24.8 Å². The molecular weight excluding hydrogens is 221 g/mol.